The highest BCUT2D eigenvalue weighted by atomic mass is 16.5. The summed E-state index contributed by atoms with van der Waals surface area (Å²) in [5, 5.41) is 96.1. The number of unbranched alkanes of at least 4 members (excludes halogenated alkanes) is 18. The Morgan fingerprint density at radius 2 is 0.449 bits per heavy atom. The Morgan fingerprint density at radius 1 is 0.286 bits per heavy atom. The highest BCUT2D eigenvalue weighted by molar-refractivity contribution is 4.50. The van der Waals surface area contributed by atoms with E-state index in [-0.39, 0.29) is 52.9 Å². The summed E-state index contributed by atoms with van der Waals surface area (Å²) in [6.07, 6.45) is 24.3. The van der Waals surface area contributed by atoms with Gasteiger partial charge in [0.2, 0.25) is 0 Å². The van der Waals surface area contributed by atoms with Crippen LogP contribution in [-0.4, -0.2) is 152 Å². The molecule has 0 spiro atoms. The first-order valence-electron chi connectivity index (χ1n) is 18.8. The van der Waals surface area contributed by atoms with Gasteiger partial charge in [-0.05, 0) is 12.8 Å². The van der Waals surface area contributed by atoms with E-state index in [0.29, 0.717) is 0 Å². The van der Waals surface area contributed by atoms with Gasteiger partial charge in [0.25, 0.3) is 0 Å². The molecule has 0 aromatic carbocycles. The van der Waals surface area contributed by atoms with Crippen LogP contribution in [0.2, 0.25) is 0 Å². The minimum atomic E-state index is -0.954. The third-order valence-electron chi connectivity index (χ3n) is 6.97. The van der Waals surface area contributed by atoms with Crippen LogP contribution in [0.5, 0.6) is 0 Å². The van der Waals surface area contributed by atoms with Crippen LogP contribution in [0.25, 0.3) is 0 Å². The Kier molecular flexibility index (Phi) is 67.1. The molecule has 0 heterocycles. The molecule has 0 saturated heterocycles. The number of hydrogen-bond acceptors (Lipinski definition) is 13. The van der Waals surface area contributed by atoms with Crippen molar-refractivity contribution in [2.45, 2.75) is 167 Å². The molecule has 0 amide bonds. The lowest BCUT2D eigenvalue weighted by Crippen LogP contribution is -2.15. The predicted molar refractivity (Wildman–Crippen MR) is 195 cm³/mol. The highest BCUT2D eigenvalue weighted by Gasteiger charge is 1.97. The van der Waals surface area contributed by atoms with Gasteiger partial charge in [0.15, 0.2) is 0 Å². The second-order valence-electron chi connectivity index (χ2n) is 12.1. The molecule has 0 aliphatic heterocycles. The second kappa shape index (κ2) is 56.8. The van der Waals surface area contributed by atoms with E-state index in [1.807, 2.05) is 0 Å². The molecule has 13 nitrogen and oxygen atoms in total. The van der Waals surface area contributed by atoms with Gasteiger partial charge >= 0.3 is 0 Å². The van der Waals surface area contributed by atoms with E-state index in [0.717, 1.165) is 13.2 Å². The minimum Gasteiger partial charge on any atom is -0.394 e. The smallest absolute Gasteiger partial charge is 0.100 e. The lowest BCUT2D eigenvalue weighted by atomic mass is 10.1. The first kappa shape index (κ1) is 57.8. The Morgan fingerprint density at radius 3 is 0.592 bits per heavy atom. The van der Waals surface area contributed by atoms with Gasteiger partial charge < -0.3 is 66.0 Å². The predicted octanol–water partition coefficient (Wildman–Crippen LogP) is 2.17. The van der Waals surface area contributed by atoms with Gasteiger partial charge in [0.05, 0.1) is 52.9 Å². The zero-order valence-electron chi connectivity index (χ0n) is 31.3. The van der Waals surface area contributed by atoms with Crippen molar-refractivity contribution in [1.29, 1.82) is 0 Å². The van der Waals surface area contributed by atoms with Crippen LogP contribution in [0.1, 0.15) is 142 Å². The number of hydrogen-bond donors (Lipinski definition) is 12. The zero-order chi connectivity index (χ0) is 38.2. The SMILES string of the molecule is CCCCCCCCCCCCOCCCCCCCCCCCC.OCC(O)CO.OCC(O)CO.OCC(O)CO.OCC(O)CO. The van der Waals surface area contributed by atoms with Crippen molar-refractivity contribution < 1.29 is 66.0 Å². The molecule has 0 bridgehead atoms. The molecular weight excluding hydrogens is 640 g/mol. The molecule has 0 fully saturated rings. The Balaban J connectivity index is -0.000000215. The Bertz CT molecular complexity index is 430. The van der Waals surface area contributed by atoms with E-state index >= 15 is 0 Å². The molecule has 12 N–H and O–H groups in total. The van der Waals surface area contributed by atoms with Gasteiger partial charge in [-0.2, -0.15) is 0 Å². The van der Waals surface area contributed by atoms with Crippen molar-refractivity contribution in [1.82, 2.24) is 0 Å². The number of aliphatic hydroxyl groups excluding tert-OH is 12. The van der Waals surface area contributed by atoms with Gasteiger partial charge in [-0.1, -0.05) is 129 Å². The number of aliphatic hydroxyl groups is 12. The van der Waals surface area contributed by atoms with Crippen molar-refractivity contribution in [3.05, 3.63) is 0 Å². The highest BCUT2D eigenvalue weighted by Crippen LogP contribution is 2.12. The molecule has 0 saturated carbocycles. The first-order chi connectivity index (χ1) is 23.6. The van der Waals surface area contributed by atoms with E-state index < -0.39 is 24.4 Å². The van der Waals surface area contributed by atoms with Crippen LogP contribution < -0.4 is 0 Å². The minimum absolute atomic E-state index is 0.365. The largest absolute Gasteiger partial charge is 0.394 e. The Labute approximate surface area is 298 Å². The molecule has 0 aromatic rings. The summed E-state index contributed by atoms with van der Waals surface area (Å²) in [7, 11) is 0. The van der Waals surface area contributed by atoms with E-state index in [9.17, 15) is 0 Å². The lowest BCUT2D eigenvalue weighted by Gasteiger charge is -2.05. The molecule has 0 atom stereocenters. The summed E-state index contributed by atoms with van der Waals surface area (Å²) in [6.45, 7) is 3.65. The summed E-state index contributed by atoms with van der Waals surface area (Å²) in [4.78, 5) is 0. The summed E-state index contributed by atoms with van der Waals surface area (Å²) in [5.41, 5.74) is 0. The average molecular weight is 723 g/mol. The molecule has 0 aliphatic carbocycles. The summed E-state index contributed by atoms with van der Waals surface area (Å²) >= 11 is 0. The van der Waals surface area contributed by atoms with Crippen LogP contribution in [0.15, 0.2) is 0 Å². The number of rotatable bonds is 30. The zero-order valence-corrected chi connectivity index (χ0v) is 31.3. The maximum Gasteiger partial charge on any atom is 0.100 e. The lowest BCUT2D eigenvalue weighted by molar-refractivity contribution is 0.0450. The maximum atomic E-state index is 8.17. The quantitative estimate of drug-likeness (QED) is 0.0476. The van der Waals surface area contributed by atoms with E-state index in [1.54, 1.807) is 0 Å². The van der Waals surface area contributed by atoms with E-state index in [1.165, 1.54) is 128 Å². The van der Waals surface area contributed by atoms with E-state index in [2.05, 4.69) is 13.8 Å². The van der Waals surface area contributed by atoms with Crippen molar-refractivity contribution in [2.24, 2.45) is 0 Å². The van der Waals surface area contributed by atoms with Gasteiger partial charge in [-0.15, -0.1) is 0 Å². The summed E-state index contributed by atoms with van der Waals surface area (Å²) < 4.78 is 5.78. The molecule has 49 heavy (non-hydrogen) atoms. The maximum absolute atomic E-state index is 8.17. The molecule has 0 unspecified atom stereocenters. The fourth-order valence-corrected chi connectivity index (χ4v) is 3.72. The average Bonchev–Trinajstić information content (AvgIpc) is 3.14. The van der Waals surface area contributed by atoms with Crippen LogP contribution >= 0.6 is 0 Å². The van der Waals surface area contributed by atoms with Gasteiger partial charge in [-0.3, -0.25) is 0 Å². The van der Waals surface area contributed by atoms with Crippen LogP contribution in [0.3, 0.4) is 0 Å². The van der Waals surface area contributed by atoms with E-state index in [4.69, 9.17) is 66.0 Å². The monoisotopic (exact) mass is 723 g/mol. The molecule has 0 aromatic heterocycles. The summed E-state index contributed by atoms with van der Waals surface area (Å²) in [6, 6.07) is 0. The number of ether oxygens (including phenoxy) is 1. The van der Waals surface area contributed by atoms with Crippen molar-refractivity contribution in [3.8, 4) is 0 Å². The molecule has 13 heteroatoms. The van der Waals surface area contributed by atoms with Crippen molar-refractivity contribution >= 4 is 0 Å². The van der Waals surface area contributed by atoms with Gasteiger partial charge in [-0.25, -0.2) is 0 Å². The summed E-state index contributed by atoms with van der Waals surface area (Å²) in [5.74, 6) is 0. The standard InChI is InChI=1S/C24H50O.4C3H8O3/c1-3-5-7-9-11-13-15-17-19-21-23-25-24-22-20-18-16-14-12-10-8-6-4-2;4*4-1-3(6)2-5/h3-24H2,1-2H3;4*3-6H,1-2H2. The fraction of sp³-hybridized carbons (Fsp3) is 1.00. The third kappa shape index (κ3) is 69.9. The van der Waals surface area contributed by atoms with Crippen LogP contribution in [0, 0.1) is 0 Å². The van der Waals surface area contributed by atoms with Gasteiger partial charge in [0.1, 0.15) is 24.4 Å². The topological polar surface area (TPSA) is 252 Å². The molecular formula is C36H82O13. The normalized spacial score (nSPS) is 10.7. The van der Waals surface area contributed by atoms with Crippen LogP contribution in [-0.2, 0) is 4.74 Å². The molecule has 304 valence electrons. The molecule has 0 radical (unpaired) electrons. The van der Waals surface area contributed by atoms with Crippen LogP contribution in [0.4, 0.5) is 0 Å². The third-order valence-corrected chi connectivity index (χ3v) is 6.97. The molecule has 0 rings (SSSR count). The van der Waals surface area contributed by atoms with Crippen molar-refractivity contribution in [3.63, 3.8) is 0 Å². The molecule has 0 aliphatic rings. The fourth-order valence-electron chi connectivity index (χ4n) is 3.72. The Hall–Kier alpha value is -0.520. The first-order valence-corrected chi connectivity index (χ1v) is 18.8. The van der Waals surface area contributed by atoms with Gasteiger partial charge in [0, 0.05) is 13.2 Å². The second-order valence-corrected chi connectivity index (χ2v) is 12.1. The van der Waals surface area contributed by atoms with Crippen molar-refractivity contribution in [2.75, 3.05) is 66.1 Å².